The predicted molar refractivity (Wildman–Crippen MR) is 105 cm³/mol. The maximum absolute atomic E-state index is 12.0. The van der Waals surface area contributed by atoms with Gasteiger partial charge in [0.05, 0.1) is 18.1 Å². The third-order valence-electron chi connectivity index (χ3n) is 3.67. The lowest BCUT2D eigenvalue weighted by atomic mass is 10.2. The summed E-state index contributed by atoms with van der Waals surface area (Å²) < 4.78 is 10.6. The largest absolute Gasteiger partial charge is 0.459 e. The molecule has 0 bridgehead atoms. The van der Waals surface area contributed by atoms with Gasteiger partial charge in [-0.05, 0) is 48.9 Å². The summed E-state index contributed by atoms with van der Waals surface area (Å²) in [5.41, 5.74) is 0.563. The summed E-state index contributed by atoms with van der Waals surface area (Å²) in [5, 5.41) is 6.06. The summed E-state index contributed by atoms with van der Waals surface area (Å²) in [6, 6.07) is 13.5. The molecule has 28 heavy (non-hydrogen) atoms. The Morgan fingerprint density at radius 1 is 1.11 bits per heavy atom. The van der Waals surface area contributed by atoms with Crippen molar-refractivity contribution in [1.82, 2.24) is 10.3 Å². The minimum Gasteiger partial charge on any atom is -0.459 e. The number of furan rings is 1. The number of carbonyl (C=O) groups excluding carboxylic acids is 2. The Kier molecular flexibility index (Phi) is 6.64. The number of ether oxygens (including phenoxy) is 1. The van der Waals surface area contributed by atoms with Gasteiger partial charge in [-0.3, -0.25) is 9.59 Å². The second-order valence-corrected chi connectivity index (χ2v) is 6.26. The van der Waals surface area contributed by atoms with Crippen LogP contribution in [0.5, 0.6) is 11.6 Å². The van der Waals surface area contributed by atoms with Crippen LogP contribution in [0.1, 0.15) is 23.4 Å². The van der Waals surface area contributed by atoms with Gasteiger partial charge in [-0.2, -0.15) is 0 Å². The Hall–Kier alpha value is -3.32. The van der Waals surface area contributed by atoms with Gasteiger partial charge >= 0.3 is 0 Å². The van der Waals surface area contributed by atoms with Crippen molar-refractivity contribution in [3.05, 3.63) is 71.8 Å². The van der Waals surface area contributed by atoms with Gasteiger partial charge in [0.1, 0.15) is 5.75 Å². The zero-order valence-corrected chi connectivity index (χ0v) is 15.6. The summed E-state index contributed by atoms with van der Waals surface area (Å²) in [5.74, 6) is 0.800. The van der Waals surface area contributed by atoms with Crippen molar-refractivity contribution in [3.63, 3.8) is 0 Å². The zero-order valence-electron chi connectivity index (χ0n) is 14.9. The second-order valence-electron chi connectivity index (χ2n) is 5.83. The first-order chi connectivity index (χ1) is 13.6. The van der Waals surface area contributed by atoms with Gasteiger partial charge in [-0.15, -0.1) is 0 Å². The van der Waals surface area contributed by atoms with E-state index in [0.717, 1.165) is 0 Å². The summed E-state index contributed by atoms with van der Waals surface area (Å²) >= 11 is 5.83. The molecule has 2 amide bonds. The lowest BCUT2D eigenvalue weighted by Crippen LogP contribution is -2.25. The van der Waals surface area contributed by atoms with Crippen molar-refractivity contribution < 1.29 is 18.7 Å². The highest BCUT2D eigenvalue weighted by Gasteiger charge is 2.08. The molecule has 0 spiro atoms. The standard InChI is InChI=1S/C20H18ClN3O4/c21-14-5-8-16(9-6-14)28-19-10-7-15(13-23-19)24-18(25)4-1-11-22-20(26)17-3-2-12-27-17/h2-3,5-10,12-13H,1,4,11H2,(H,22,26)(H,24,25). The Morgan fingerprint density at radius 2 is 1.93 bits per heavy atom. The molecule has 0 saturated heterocycles. The number of carbonyl (C=O) groups is 2. The summed E-state index contributed by atoms with van der Waals surface area (Å²) in [7, 11) is 0. The van der Waals surface area contributed by atoms with E-state index in [2.05, 4.69) is 15.6 Å². The number of amides is 2. The molecule has 0 aliphatic heterocycles. The highest BCUT2D eigenvalue weighted by molar-refractivity contribution is 6.30. The van der Waals surface area contributed by atoms with Gasteiger partial charge in [0.15, 0.2) is 5.76 Å². The normalized spacial score (nSPS) is 10.3. The first kappa shape index (κ1) is 19.4. The lowest BCUT2D eigenvalue weighted by Gasteiger charge is -2.08. The quantitative estimate of drug-likeness (QED) is 0.552. The number of nitrogens with one attached hydrogen (secondary N) is 2. The highest BCUT2D eigenvalue weighted by Crippen LogP contribution is 2.22. The number of pyridine rings is 1. The minimum absolute atomic E-state index is 0.166. The molecule has 144 valence electrons. The molecule has 0 aliphatic rings. The fourth-order valence-corrected chi connectivity index (χ4v) is 2.43. The second kappa shape index (κ2) is 9.57. The number of hydrogen-bond acceptors (Lipinski definition) is 5. The molecule has 3 aromatic rings. The van der Waals surface area contributed by atoms with E-state index in [1.54, 1.807) is 48.5 Å². The fraction of sp³-hybridized carbons (Fsp3) is 0.150. The van der Waals surface area contributed by atoms with Gasteiger partial charge < -0.3 is 19.8 Å². The average molecular weight is 400 g/mol. The number of rotatable bonds is 8. The first-order valence-corrected chi connectivity index (χ1v) is 8.99. The van der Waals surface area contributed by atoms with Crippen LogP contribution >= 0.6 is 11.6 Å². The smallest absolute Gasteiger partial charge is 0.286 e. The van der Waals surface area contributed by atoms with E-state index in [-0.39, 0.29) is 24.0 Å². The number of hydrogen-bond donors (Lipinski definition) is 2. The molecule has 0 atom stereocenters. The van der Waals surface area contributed by atoms with E-state index in [1.807, 2.05) is 0 Å². The van der Waals surface area contributed by atoms with Crippen LogP contribution in [0.15, 0.2) is 65.4 Å². The average Bonchev–Trinajstić information content (AvgIpc) is 3.23. The molecule has 2 aromatic heterocycles. The molecule has 0 saturated carbocycles. The van der Waals surface area contributed by atoms with Crippen molar-refractivity contribution >= 4 is 29.1 Å². The molecule has 0 fully saturated rings. The van der Waals surface area contributed by atoms with Crippen LogP contribution in [-0.4, -0.2) is 23.3 Å². The van der Waals surface area contributed by atoms with E-state index in [4.69, 9.17) is 20.8 Å². The maximum Gasteiger partial charge on any atom is 0.286 e. The van der Waals surface area contributed by atoms with Crippen LogP contribution in [0.3, 0.4) is 0 Å². The van der Waals surface area contributed by atoms with E-state index < -0.39 is 0 Å². The number of halogens is 1. The highest BCUT2D eigenvalue weighted by atomic mass is 35.5. The van der Waals surface area contributed by atoms with Crippen LogP contribution < -0.4 is 15.4 Å². The molecular formula is C20H18ClN3O4. The number of anilines is 1. The third-order valence-corrected chi connectivity index (χ3v) is 3.92. The Labute approximate surface area is 166 Å². The number of nitrogens with zero attached hydrogens (tertiary/aromatic N) is 1. The first-order valence-electron chi connectivity index (χ1n) is 8.61. The predicted octanol–water partition coefficient (Wildman–Crippen LogP) is 4.27. The lowest BCUT2D eigenvalue weighted by molar-refractivity contribution is -0.116. The van der Waals surface area contributed by atoms with Gasteiger partial charge in [0.25, 0.3) is 5.91 Å². The van der Waals surface area contributed by atoms with Gasteiger partial charge in [0, 0.05) is 24.1 Å². The molecular weight excluding hydrogens is 382 g/mol. The van der Waals surface area contributed by atoms with Crippen molar-refractivity contribution in [2.45, 2.75) is 12.8 Å². The Morgan fingerprint density at radius 3 is 2.61 bits per heavy atom. The molecule has 0 radical (unpaired) electrons. The van der Waals surface area contributed by atoms with Crippen molar-refractivity contribution in [3.8, 4) is 11.6 Å². The van der Waals surface area contributed by atoms with Crippen LogP contribution in [0.2, 0.25) is 5.02 Å². The third kappa shape index (κ3) is 5.85. The van der Waals surface area contributed by atoms with Crippen LogP contribution in [0, 0.1) is 0 Å². The summed E-state index contributed by atoms with van der Waals surface area (Å²) in [6.45, 7) is 0.374. The Balaban J connectivity index is 1.39. The zero-order chi connectivity index (χ0) is 19.8. The van der Waals surface area contributed by atoms with E-state index in [1.165, 1.54) is 12.5 Å². The summed E-state index contributed by atoms with van der Waals surface area (Å²) in [4.78, 5) is 27.8. The molecule has 2 heterocycles. The van der Waals surface area contributed by atoms with Crippen LogP contribution in [-0.2, 0) is 4.79 Å². The van der Waals surface area contributed by atoms with Crippen molar-refractivity contribution in [2.75, 3.05) is 11.9 Å². The molecule has 0 unspecified atom stereocenters. The number of benzene rings is 1. The van der Waals surface area contributed by atoms with Crippen molar-refractivity contribution in [2.24, 2.45) is 0 Å². The monoisotopic (exact) mass is 399 g/mol. The molecule has 8 heteroatoms. The molecule has 3 rings (SSSR count). The topological polar surface area (TPSA) is 93.5 Å². The Bertz CT molecular complexity index is 910. The molecule has 2 N–H and O–H groups in total. The fourth-order valence-electron chi connectivity index (χ4n) is 2.31. The maximum atomic E-state index is 12.0. The van der Waals surface area contributed by atoms with Crippen LogP contribution in [0.4, 0.5) is 5.69 Å². The molecule has 7 nitrogen and oxygen atoms in total. The molecule has 1 aromatic carbocycles. The van der Waals surface area contributed by atoms with Crippen molar-refractivity contribution in [1.29, 1.82) is 0 Å². The van der Waals surface area contributed by atoms with E-state index in [0.29, 0.717) is 35.3 Å². The minimum atomic E-state index is -0.300. The van der Waals surface area contributed by atoms with Gasteiger partial charge in [0.2, 0.25) is 11.8 Å². The van der Waals surface area contributed by atoms with E-state index >= 15 is 0 Å². The van der Waals surface area contributed by atoms with Crippen LogP contribution in [0.25, 0.3) is 0 Å². The SMILES string of the molecule is O=C(CCCNC(=O)c1ccco1)Nc1ccc(Oc2ccc(Cl)cc2)nc1. The van der Waals surface area contributed by atoms with E-state index in [9.17, 15) is 9.59 Å². The molecule has 0 aliphatic carbocycles. The van der Waals surface area contributed by atoms with Gasteiger partial charge in [-0.1, -0.05) is 11.6 Å². The number of aromatic nitrogens is 1. The van der Waals surface area contributed by atoms with Gasteiger partial charge in [-0.25, -0.2) is 4.98 Å². The summed E-state index contributed by atoms with van der Waals surface area (Å²) in [6.07, 6.45) is 3.72.